The van der Waals surface area contributed by atoms with Gasteiger partial charge >= 0.3 is 0 Å². The molecule has 106 valence electrons. The Labute approximate surface area is 112 Å². The highest BCUT2D eigenvalue weighted by Crippen LogP contribution is 2.24. The SMILES string of the molecule is CC(NCC1CCCC(O)C1)c1cc(F)cc(F)c1. The van der Waals surface area contributed by atoms with E-state index in [9.17, 15) is 13.9 Å². The van der Waals surface area contributed by atoms with Crippen LogP contribution >= 0.6 is 0 Å². The summed E-state index contributed by atoms with van der Waals surface area (Å²) in [5.41, 5.74) is 0.619. The molecule has 1 saturated carbocycles. The number of hydrogen-bond donors (Lipinski definition) is 2. The molecule has 0 spiro atoms. The summed E-state index contributed by atoms with van der Waals surface area (Å²) in [5, 5.41) is 12.9. The zero-order valence-electron chi connectivity index (χ0n) is 11.2. The molecule has 3 unspecified atom stereocenters. The average molecular weight is 269 g/mol. The van der Waals surface area contributed by atoms with Gasteiger partial charge in [-0.05, 0) is 56.3 Å². The van der Waals surface area contributed by atoms with E-state index in [1.165, 1.54) is 12.1 Å². The van der Waals surface area contributed by atoms with E-state index in [-0.39, 0.29) is 12.1 Å². The Balaban J connectivity index is 1.88. The first-order valence-electron chi connectivity index (χ1n) is 6.92. The topological polar surface area (TPSA) is 32.3 Å². The molecule has 4 heteroatoms. The van der Waals surface area contributed by atoms with Crippen LogP contribution in [0.25, 0.3) is 0 Å². The van der Waals surface area contributed by atoms with E-state index in [2.05, 4.69) is 5.32 Å². The second kappa shape index (κ2) is 6.44. The molecule has 1 fully saturated rings. The Morgan fingerprint density at radius 3 is 2.58 bits per heavy atom. The molecule has 0 aliphatic heterocycles. The van der Waals surface area contributed by atoms with Gasteiger partial charge in [0.15, 0.2) is 0 Å². The fraction of sp³-hybridized carbons (Fsp3) is 0.600. The summed E-state index contributed by atoms with van der Waals surface area (Å²) in [5.74, 6) is -0.641. The van der Waals surface area contributed by atoms with Gasteiger partial charge in [-0.25, -0.2) is 8.78 Å². The third-order valence-electron chi connectivity index (χ3n) is 3.85. The van der Waals surface area contributed by atoms with Crippen molar-refractivity contribution in [3.8, 4) is 0 Å². The minimum absolute atomic E-state index is 0.0933. The fourth-order valence-electron chi connectivity index (χ4n) is 2.73. The lowest BCUT2D eigenvalue weighted by Crippen LogP contribution is -2.30. The maximum absolute atomic E-state index is 13.1. The number of benzene rings is 1. The molecule has 3 atom stereocenters. The van der Waals surface area contributed by atoms with Crippen molar-refractivity contribution in [2.75, 3.05) is 6.54 Å². The van der Waals surface area contributed by atoms with Gasteiger partial charge in [0, 0.05) is 12.1 Å². The summed E-state index contributed by atoms with van der Waals surface area (Å²) in [6, 6.07) is 3.50. The van der Waals surface area contributed by atoms with Gasteiger partial charge in [0.05, 0.1) is 6.10 Å². The summed E-state index contributed by atoms with van der Waals surface area (Å²) in [6.45, 7) is 2.67. The van der Waals surface area contributed by atoms with E-state index in [0.717, 1.165) is 38.3 Å². The minimum Gasteiger partial charge on any atom is -0.393 e. The highest BCUT2D eigenvalue weighted by Gasteiger charge is 2.20. The third kappa shape index (κ3) is 4.25. The predicted molar refractivity (Wildman–Crippen MR) is 70.7 cm³/mol. The summed E-state index contributed by atoms with van der Waals surface area (Å²) in [7, 11) is 0. The minimum atomic E-state index is -0.545. The Morgan fingerprint density at radius 2 is 1.95 bits per heavy atom. The molecule has 0 amide bonds. The van der Waals surface area contributed by atoms with E-state index in [4.69, 9.17) is 0 Å². The van der Waals surface area contributed by atoms with Crippen LogP contribution in [0.15, 0.2) is 18.2 Å². The molecule has 0 saturated heterocycles. The molecule has 0 bridgehead atoms. The molecule has 0 heterocycles. The second-order valence-electron chi connectivity index (χ2n) is 5.52. The Bertz CT molecular complexity index is 404. The average Bonchev–Trinajstić information content (AvgIpc) is 2.35. The molecular formula is C15H21F2NO. The molecular weight excluding hydrogens is 248 g/mol. The molecule has 1 aromatic rings. The van der Waals surface area contributed by atoms with Crippen LogP contribution in [0, 0.1) is 17.6 Å². The lowest BCUT2D eigenvalue weighted by Gasteiger charge is -2.27. The van der Waals surface area contributed by atoms with Crippen molar-refractivity contribution in [2.45, 2.75) is 44.8 Å². The number of halogens is 2. The number of aliphatic hydroxyl groups excluding tert-OH is 1. The molecule has 0 aromatic heterocycles. The van der Waals surface area contributed by atoms with Crippen LogP contribution in [0.4, 0.5) is 8.78 Å². The zero-order valence-corrected chi connectivity index (χ0v) is 11.2. The summed E-state index contributed by atoms with van der Waals surface area (Å²) in [4.78, 5) is 0. The first-order valence-corrected chi connectivity index (χ1v) is 6.92. The van der Waals surface area contributed by atoms with Gasteiger partial charge in [-0.2, -0.15) is 0 Å². The highest BCUT2D eigenvalue weighted by atomic mass is 19.1. The summed E-state index contributed by atoms with van der Waals surface area (Å²) >= 11 is 0. The van der Waals surface area contributed by atoms with Crippen LogP contribution in [0.1, 0.15) is 44.2 Å². The lowest BCUT2D eigenvalue weighted by molar-refractivity contribution is 0.0998. The van der Waals surface area contributed by atoms with E-state index in [0.29, 0.717) is 11.5 Å². The van der Waals surface area contributed by atoms with E-state index < -0.39 is 11.6 Å². The maximum atomic E-state index is 13.1. The molecule has 19 heavy (non-hydrogen) atoms. The van der Waals surface area contributed by atoms with Gasteiger partial charge < -0.3 is 10.4 Å². The lowest BCUT2D eigenvalue weighted by atomic mass is 9.87. The molecule has 2 nitrogen and oxygen atoms in total. The third-order valence-corrected chi connectivity index (χ3v) is 3.85. The van der Waals surface area contributed by atoms with Crippen LogP contribution < -0.4 is 5.32 Å². The predicted octanol–water partition coefficient (Wildman–Crippen LogP) is 3.17. The zero-order chi connectivity index (χ0) is 13.8. The monoisotopic (exact) mass is 269 g/mol. The fourth-order valence-corrected chi connectivity index (χ4v) is 2.73. The normalized spacial score (nSPS) is 25.3. The van der Waals surface area contributed by atoms with Crippen LogP contribution in [0.5, 0.6) is 0 Å². The quantitative estimate of drug-likeness (QED) is 0.880. The van der Waals surface area contributed by atoms with Gasteiger partial charge in [0.25, 0.3) is 0 Å². The molecule has 1 aliphatic carbocycles. The maximum Gasteiger partial charge on any atom is 0.126 e. The molecule has 2 rings (SSSR count). The van der Waals surface area contributed by atoms with Crippen molar-refractivity contribution in [3.63, 3.8) is 0 Å². The van der Waals surface area contributed by atoms with Crippen molar-refractivity contribution in [1.82, 2.24) is 5.32 Å². The van der Waals surface area contributed by atoms with Crippen LogP contribution in [0.2, 0.25) is 0 Å². The Kier molecular flexibility index (Phi) is 4.88. The van der Waals surface area contributed by atoms with Crippen LogP contribution in [0.3, 0.4) is 0 Å². The van der Waals surface area contributed by atoms with E-state index >= 15 is 0 Å². The highest BCUT2D eigenvalue weighted by molar-refractivity contribution is 5.20. The van der Waals surface area contributed by atoms with Crippen molar-refractivity contribution >= 4 is 0 Å². The van der Waals surface area contributed by atoms with Crippen molar-refractivity contribution in [2.24, 2.45) is 5.92 Å². The standard InChI is InChI=1S/C15H21F2NO/c1-10(12-6-13(16)8-14(17)7-12)18-9-11-3-2-4-15(19)5-11/h6-8,10-11,15,18-19H,2-5,9H2,1H3. The first kappa shape index (κ1) is 14.4. The number of aliphatic hydroxyl groups is 1. The van der Waals surface area contributed by atoms with Gasteiger partial charge in [-0.1, -0.05) is 6.42 Å². The molecule has 1 aromatic carbocycles. The van der Waals surface area contributed by atoms with Gasteiger partial charge in [-0.3, -0.25) is 0 Å². The molecule has 0 radical (unpaired) electrons. The van der Waals surface area contributed by atoms with Crippen molar-refractivity contribution in [1.29, 1.82) is 0 Å². The number of nitrogens with one attached hydrogen (secondary N) is 1. The van der Waals surface area contributed by atoms with E-state index in [1.807, 2.05) is 6.92 Å². The number of hydrogen-bond acceptors (Lipinski definition) is 2. The summed E-state index contributed by atoms with van der Waals surface area (Å²) < 4.78 is 26.3. The van der Waals surface area contributed by atoms with Gasteiger partial charge in [0.1, 0.15) is 11.6 Å². The second-order valence-corrected chi connectivity index (χ2v) is 5.52. The van der Waals surface area contributed by atoms with E-state index in [1.54, 1.807) is 0 Å². The van der Waals surface area contributed by atoms with Crippen LogP contribution in [-0.2, 0) is 0 Å². The van der Waals surface area contributed by atoms with Gasteiger partial charge in [0.2, 0.25) is 0 Å². The molecule has 1 aliphatic rings. The Morgan fingerprint density at radius 1 is 1.26 bits per heavy atom. The van der Waals surface area contributed by atoms with Crippen molar-refractivity contribution in [3.05, 3.63) is 35.4 Å². The molecule has 2 N–H and O–H groups in total. The number of rotatable bonds is 4. The van der Waals surface area contributed by atoms with Crippen LogP contribution in [-0.4, -0.2) is 17.8 Å². The first-order chi connectivity index (χ1) is 9.04. The van der Waals surface area contributed by atoms with Crippen molar-refractivity contribution < 1.29 is 13.9 Å². The summed E-state index contributed by atoms with van der Waals surface area (Å²) in [6.07, 6.45) is 3.67. The largest absolute Gasteiger partial charge is 0.393 e. The Hall–Kier alpha value is -1.00. The smallest absolute Gasteiger partial charge is 0.126 e. The van der Waals surface area contributed by atoms with Gasteiger partial charge in [-0.15, -0.1) is 0 Å².